The van der Waals surface area contributed by atoms with E-state index in [0.29, 0.717) is 24.6 Å². The maximum absolute atomic E-state index is 12.7. The minimum absolute atomic E-state index is 0.143. The summed E-state index contributed by atoms with van der Waals surface area (Å²) in [5, 5.41) is 0. The van der Waals surface area contributed by atoms with Gasteiger partial charge in [-0.3, -0.25) is 4.79 Å². The van der Waals surface area contributed by atoms with Gasteiger partial charge in [0.25, 0.3) is 0 Å². The van der Waals surface area contributed by atoms with Crippen LogP contribution in [0, 0.1) is 0 Å². The monoisotopic (exact) mass is 468 g/mol. The third kappa shape index (κ3) is 4.48. The van der Waals surface area contributed by atoms with Gasteiger partial charge in [-0.05, 0) is 48.9 Å². The van der Waals surface area contributed by atoms with Crippen molar-refractivity contribution in [1.29, 1.82) is 0 Å². The van der Waals surface area contributed by atoms with Crippen molar-refractivity contribution >= 4 is 31.9 Å². The van der Waals surface area contributed by atoms with Gasteiger partial charge in [0.2, 0.25) is 22.7 Å². The van der Waals surface area contributed by atoms with E-state index >= 15 is 0 Å². The minimum atomic E-state index is -3.74. The zero-order valence-electron chi connectivity index (χ0n) is 15.6. The number of benzene rings is 2. The molecule has 0 aliphatic carbocycles. The predicted octanol–water partition coefficient (Wildman–Crippen LogP) is 2.85. The lowest BCUT2D eigenvalue weighted by atomic mass is 10.2. The summed E-state index contributed by atoms with van der Waals surface area (Å²) in [5.41, 5.74) is 0.887. The molecule has 1 amide bonds. The summed E-state index contributed by atoms with van der Waals surface area (Å²) in [7, 11) is -2.34. The first kappa shape index (κ1) is 20.6. The van der Waals surface area contributed by atoms with Crippen molar-refractivity contribution in [3.63, 3.8) is 0 Å². The van der Waals surface area contributed by atoms with Crippen LogP contribution in [0.5, 0.6) is 11.5 Å². The molecule has 0 unspecified atom stereocenters. The highest BCUT2D eigenvalue weighted by Crippen LogP contribution is 2.32. The molecule has 2 aromatic rings. The fourth-order valence-corrected chi connectivity index (χ4v) is 4.18. The average molecular weight is 469 g/mol. The number of sulfonamides is 1. The van der Waals surface area contributed by atoms with Gasteiger partial charge in [-0.25, -0.2) is 8.42 Å². The van der Waals surface area contributed by atoms with Crippen LogP contribution >= 0.6 is 15.9 Å². The molecule has 0 fully saturated rings. The molecule has 0 N–H and O–H groups in total. The molecule has 9 heteroatoms. The summed E-state index contributed by atoms with van der Waals surface area (Å²) in [5.74, 6) is 1.05. The molecule has 0 bridgehead atoms. The minimum Gasteiger partial charge on any atom is -0.454 e. The van der Waals surface area contributed by atoms with E-state index in [1.165, 1.54) is 19.2 Å². The molecular formula is C19H21BrN2O5S. The largest absolute Gasteiger partial charge is 0.454 e. The average Bonchev–Trinajstić information content (AvgIpc) is 3.14. The smallest absolute Gasteiger partial charge is 0.243 e. The molecule has 7 nitrogen and oxygen atoms in total. The number of rotatable bonds is 7. The third-order valence-electron chi connectivity index (χ3n) is 4.42. The molecule has 0 saturated carbocycles. The Hall–Kier alpha value is -2.10. The van der Waals surface area contributed by atoms with Crippen LogP contribution in [0.15, 0.2) is 51.8 Å². The van der Waals surface area contributed by atoms with Crippen LogP contribution in [0.1, 0.15) is 12.5 Å². The van der Waals surface area contributed by atoms with Crippen LogP contribution in [0.2, 0.25) is 0 Å². The molecule has 28 heavy (non-hydrogen) atoms. The van der Waals surface area contributed by atoms with Crippen molar-refractivity contribution < 1.29 is 22.7 Å². The van der Waals surface area contributed by atoms with Crippen LogP contribution in [-0.4, -0.2) is 50.5 Å². The van der Waals surface area contributed by atoms with Crippen molar-refractivity contribution in [2.45, 2.75) is 18.4 Å². The van der Waals surface area contributed by atoms with Crippen molar-refractivity contribution in [3.8, 4) is 11.5 Å². The van der Waals surface area contributed by atoms with Gasteiger partial charge < -0.3 is 14.4 Å². The Morgan fingerprint density at radius 3 is 2.46 bits per heavy atom. The predicted molar refractivity (Wildman–Crippen MR) is 108 cm³/mol. The number of nitrogens with zero attached hydrogens (tertiary/aromatic N) is 2. The first-order valence-electron chi connectivity index (χ1n) is 8.69. The number of likely N-dealkylation sites (N-methyl/N-ethyl adjacent to an activating group) is 2. The number of halogens is 1. The highest BCUT2D eigenvalue weighted by Gasteiger charge is 2.25. The highest BCUT2D eigenvalue weighted by atomic mass is 79.9. The molecular weight excluding hydrogens is 448 g/mol. The summed E-state index contributed by atoms with van der Waals surface area (Å²) in [4.78, 5) is 14.5. The number of carbonyl (C=O) groups is 1. The van der Waals surface area contributed by atoms with E-state index < -0.39 is 10.0 Å². The Morgan fingerprint density at radius 2 is 1.79 bits per heavy atom. The van der Waals surface area contributed by atoms with Crippen molar-refractivity contribution in [3.05, 3.63) is 52.5 Å². The maximum atomic E-state index is 12.7. The molecule has 0 saturated heterocycles. The van der Waals surface area contributed by atoms with Gasteiger partial charge >= 0.3 is 0 Å². The SMILES string of the molecule is CCN(Cc1ccc2c(c1)OCO2)C(=O)CN(C)S(=O)(=O)c1ccc(Br)cc1. The molecule has 3 rings (SSSR count). The van der Waals surface area contributed by atoms with Crippen LogP contribution < -0.4 is 9.47 Å². The number of ether oxygens (including phenoxy) is 2. The number of fused-ring (bicyclic) bond motifs is 1. The highest BCUT2D eigenvalue weighted by molar-refractivity contribution is 9.10. The molecule has 150 valence electrons. The Kier molecular flexibility index (Phi) is 6.26. The first-order chi connectivity index (χ1) is 13.3. The van der Waals surface area contributed by atoms with Crippen LogP contribution in [0.3, 0.4) is 0 Å². The summed E-state index contributed by atoms with van der Waals surface area (Å²) >= 11 is 3.28. The maximum Gasteiger partial charge on any atom is 0.243 e. The van der Waals surface area contributed by atoms with Gasteiger partial charge in [0, 0.05) is 24.6 Å². The van der Waals surface area contributed by atoms with Gasteiger partial charge in [0.15, 0.2) is 11.5 Å². The van der Waals surface area contributed by atoms with E-state index in [2.05, 4.69) is 15.9 Å². The molecule has 0 aromatic heterocycles. The lowest BCUT2D eigenvalue weighted by Gasteiger charge is -2.24. The topological polar surface area (TPSA) is 76.2 Å². The van der Waals surface area contributed by atoms with E-state index in [4.69, 9.17) is 9.47 Å². The van der Waals surface area contributed by atoms with Crippen molar-refractivity contribution in [2.24, 2.45) is 0 Å². The second-order valence-corrected chi connectivity index (χ2v) is 9.27. The lowest BCUT2D eigenvalue weighted by Crippen LogP contribution is -2.40. The van der Waals surface area contributed by atoms with E-state index in [0.717, 1.165) is 14.3 Å². The Labute approximate surface area is 173 Å². The Balaban J connectivity index is 1.68. The Morgan fingerprint density at radius 1 is 1.11 bits per heavy atom. The van der Waals surface area contributed by atoms with Crippen LogP contribution in [0.4, 0.5) is 0 Å². The Bertz CT molecular complexity index is 963. The van der Waals surface area contributed by atoms with E-state index in [-0.39, 0.29) is 24.1 Å². The number of hydrogen-bond donors (Lipinski definition) is 0. The van der Waals surface area contributed by atoms with Gasteiger partial charge in [0.1, 0.15) is 0 Å². The molecule has 0 atom stereocenters. The van der Waals surface area contributed by atoms with E-state index in [9.17, 15) is 13.2 Å². The second-order valence-electron chi connectivity index (χ2n) is 6.31. The third-order valence-corrected chi connectivity index (χ3v) is 6.77. The summed E-state index contributed by atoms with van der Waals surface area (Å²) in [6, 6.07) is 11.8. The fraction of sp³-hybridized carbons (Fsp3) is 0.316. The van der Waals surface area contributed by atoms with E-state index in [1.807, 2.05) is 19.1 Å². The molecule has 2 aromatic carbocycles. The molecule has 1 heterocycles. The zero-order chi connectivity index (χ0) is 20.3. The van der Waals surface area contributed by atoms with Crippen LogP contribution in [-0.2, 0) is 21.4 Å². The lowest BCUT2D eigenvalue weighted by molar-refractivity contribution is -0.131. The molecule has 1 aliphatic rings. The number of amides is 1. The zero-order valence-corrected chi connectivity index (χ0v) is 18.0. The van der Waals surface area contributed by atoms with Gasteiger partial charge in [-0.15, -0.1) is 0 Å². The van der Waals surface area contributed by atoms with Crippen LogP contribution in [0.25, 0.3) is 0 Å². The quantitative estimate of drug-likeness (QED) is 0.624. The standard InChI is InChI=1S/C19H21BrN2O5S/c1-3-22(11-14-4-9-17-18(10-14)27-13-26-17)19(23)12-21(2)28(24,25)16-7-5-15(20)6-8-16/h4-10H,3,11-13H2,1-2H3. The molecule has 0 radical (unpaired) electrons. The second kappa shape index (κ2) is 8.50. The number of carbonyl (C=O) groups excluding carboxylic acids is 1. The first-order valence-corrected chi connectivity index (χ1v) is 10.9. The normalized spacial score (nSPS) is 13.0. The summed E-state index contributed by atoms with van der Waals surface area (Å²) in [6.45, 7) is 2.62. The molecule has 0 spiro atoms. The number of hydrogen-bond acceptors (Lipinski definition) is 5. The van der Waals surface area contributed by atoms with Crippen molar-refractivity contribution in [1.82, 2.24) is 9.21 Å². The van der Waals surface area contributed by atoms with Gasteiger partial charge in [-0.1, -0.05) is 22.0 Å². The summed E-state index contributed by atoms with van der Waals surface area (Å²) < 4.78 is 37.9. The fourth-order valence-electron chi connectivity index (χ4n) is 2.80. The van der Waals surface area contributed by atoms with Gasteiger partial charge in [0.05, 0.1) is 11.4 Å². The van der Waals surface area contributed by atoms with Gasteiger partial charge in [-0.2, -0.15) is 4.31 Å². The van der Waals surface area contributed by atoms with E-state index in [1.54, 1.807) is 23.1 Å². The van der Waals surface area contributed by atoms with Crippen molar-refractivity contribution in [2.75, 3.05) is 26.9 Å². The summed E-state index contributed by atoms with van der Waals surface area (Å²) in [6.07, 6.45) is 0. The molecule has 1 aliphatic heterocycles.